The second-order valence-electron chi connectivity index (χ2n) is 10.4. The molecule has 2 fully saturated rings. The van der Waals surface area contributed by atoms with Crippen molar-refractivity contribution in [2.75, 3.05) is 0 Å². The number of hydrogen-bond acceptors (Lipinski definition) is 2. The van der Waals surface area contributed by atoms with E-state index in [2.05, 4.69) is 11.7 Å². The van der Waals surface area contributed by atoms with Crippen LogP contribution >= 0.6 is 0 Å². The van der Waals surface area contributed by atoms with Crippen LogP contribution in [0, 0.1) is 46.8 Å². The summed E-state index contributed by atoms with van der Waals surface area (Å²) in [6.07, 6.45) is 4.13. The average Bonchev–Trinajstić information content (AvgIpc) is 2.85. The minimum absolute atomic E-state index is 0.266. The first-order chi connectivity index (χ1) is 18.0. The van der Waals surface area contributed by atoms with Crippen molar-refractivity contribution in [3.63, 3.8) is 0 Å². The van der Waals surface area contributed by atoms with Crippen molar-refractivity contribution in [3.8, 4) is 17.2 Å². The predicted molar refractivity (Wildman–Crippen MR) is 124 cm³/mol. The maximum Gasteiger partial charge on any atom is 0.573 e. The number of rotatable bonds is 7. The standard InChI is InChI=1S/C28H30F8O2/c1-2-3-15-4-6-16(7-5-15)17-8-10-18(11-9-17)24-25(33)20(29)14-23(32)27(24)37-19-12-21(30)26(22(31)13-19)38-28(34,35)36/h12-18H,2-11H2,1H3. The fourth-order valence-corrected chi connectivity index (χ4v) is 6.23. The van der Waals surface area contributed by atoms with Gasteiger partial charge in [-0.15, -0.1) is 13.2 Å². The topological polar surface area (TPSA) is 18.5 Å². The lowest BCUT2D eigenvalue weighted by Crippen LogP contribution is -2.26. The van der Waals surface area contributed by atoms with Gasteiger partial charge in [-0.25, -0.2) is 22.0 Å². The first-order valence-corrected chi connectivity index (χ1v) is 13.1. The lowest BCUT2D eigenvalue weighted by molar-refractivity contribution is -0.276. The van der Waals surface area contributed by atoms with Crippen LogP contribution in [0.3, 0.4) is 0 Å². The molecule has 2 saturated carbocycles. The normalized spacial score (nSPS) is 24.3. The highest BCUT2D eigenvalue weighted by molar-refractivity contribution is 5.44. The molecule has 2 aromatic rings. The van der Waals surface area contributed by atoms with E-state index in [0.717, 1.165) is 31.6 Å². The molecule has 210 valence electrons. The van der Waals surface area contributed by atoms with Gasteiger partial charge in [-0.1, -0.05) is 32.6 Å². The molecule has 0 atom stereocenters. The van der Waals surface area contributed by atoms with Crippen molar-refractivity contribution >= 4 is 0 Å². The third kappa shape index (κ3) is 6.54. The van der Waals surface area contributed by atoms with Crippen LogP contribution in [0.2, 0.25) is 0 Å². The summed E-state index contributed by atoms with van der Waals surface area (Å²) in [4.78, 5) is 0. The summed E-state index contributed by atoms with van der Waals surface area (Å²) in [7, 11) is 0. The van der Waals surface area contributed by atoms with Gasteiger partial charge in [0.05, 0.1) is 0 Å². The predicted octanol–water partition coefficient (Wildman–Crippen LogP) is 9.95. The zero-order valence-electron chi connectivity index (χ0n) is 21.0. The molecule has 0 aliphatic heterocycles. The minimum Gasteiger partial charge on any atom is -0.454 e. The summed E-state index contributed by atoms with van der Waals surface area (Å²) in [5.41, 5.74) is -0.371. The monoisotopic (exact) mass is 550 g/mol. The van der Waals surface area contributed by atoms with Crippen LogP contribution in [0.1, 0.15) is 82.6 Å². The van der Waals surface area contributed by atoms with Crippen LogP contribution in [0.25, 0.3) is 0 Å². The van der Waals surface area contributed by atoms with Gasteiger partial charge < -0.3 is 9.47 Å². The Balaban J connectivity index is 1.52. The Morgan fingerprint density at radius 2 is 1.24 bits per heavy atom. The summed E-state index contributed by atoms with van der Waals surface area (Å²) in [6, 6.07) is 0.989. The van der Waals surface area contributed by atoms with Crippen molar-refractivity contribution < 1.29 is 44.6 Å². The van der Waals surface area contributed by atoms with Crippen molar-refractivity contribution in [1.29, 1.82) is 0 Å². The van der Waals surface area contributed by atoms with E-state index in [0.29, 0.717) is 36.8 Å². The number of ether oxygens (including phenoxy) is 2. The fraction of sp³-hybridized carbons (Fsp3) is 0.571. The van der Waals surface area contributed by atoms with Crippen LogP contribution in [0.5, 0.6) is 17.2 Å². The van der Waals surface area contributed by atoms with E-state index in [1.54, 1.807) is 0 Å². The first kappa shape index (κ1) is 28.5. The highest BCUT2D eigenvalue weighted by atomic mass is 19.4. The second-order valence-corrected chi connectivity index (χ2v) is 10.4. The van der Waals surface area contributed by atoms with E-state index in [4.69, 9.17) is 4.74 Å². The Bertz CT molecular complexity index is 1090. The Hall–Kier alpha value is -2.52. The second kappa shape index (κ2) is 11.7. The molecule has 2 aromatic carbocycles. The van der Waals surface area contributed by atoms with Gasteiger partial charge in [0.15, 0.2) is 34.8 Å². The molecule has 0 amide bonds. The fourth-order valence-electron chi connectivity index (χ4n) is 6.23. The largest absolute Gasteiger partial charge is 0.573 e. The van der Waals surface area contributed by atoms with Crippen molar-refractivity contribution in [2.24, 2.45) is 17.8 Å². The maximum absolute atomic E-state index is 15.0. The van der Waals surface area contributed by atoms with Gasteiger partial charge in [-0.3, -0.25) is 0 Å². The van der Waals surface area contributed by atoms with Crippen LogP contribution in [0.4, 0.5) is 35.1 Å². The van der Waals surface area contributed by atoms with Crippen LogP contribution in [-0.4, -0.2) is 6.36 Å². The molecule has 10 heteroatoms. The summed E-state index contributed by atoms with van der Waals surface area (Å²) in [6.45, 7) is 2.18. The quantitative estimate of drug-likeness (QED) is 0.252. The average molecular weight is 551 g/mol. The van der Waals surface area contributed by atoms with Gasteiger partial charge in [0, 0.05) is 23.8 Å². The van der Waals surface area contributed by atoms with E-state index >= 15 is 0 Å². The summed E-state index contributed by atoms with van der Waals surface area (Å²) in [5, 5.41) is 0. The molecule has 2 aliphatic carbocycles. The van der Waals surface area contributed by atoms with Crippen molar-refractivity contribution in [3.05, 3.63) is 52.8 Å². The molecular formula is C28H30F8O2. The summed E-state index contributed by atoms with van der Waals surface area (Å²) in [5.74, 6) is -9.53. The molecule has 2 aliphatic rings. The molecule has 2 nitrogen and oxygen atoms in total. The van der Waals surface area contributed by atoms with Gasteiger partial charge in [0.1, 0.15) is 5.75 Å². The molecule has 0 unspecified atom stereocenters. The molecule has 0 N–H and O–H groups in total. The summed E-state index contributed by atoms with van der Waals surface area (Å²) >= 11 is 0. The molecule has 0 heterocycles. The highest BCUT2D eigenvalue weighted by Gasteiger charge is 2.36. The Morgan fingerprint density at radius 3 is 1.76 bits per heavy atom. The van der Waals surface area contributed by atoms with Gasteiger partial charge in [-0.05, 0) is 62.2 Å². The summed E-state index contributed by atoms with van der Waals surface area (Å²) < 4.78 is 118. The van der Waals surface area contributed by atoms with Gasteiger partial charge in [0.2, 0.25) is 5.75 Å². The van der Waals surface area contributed by atoms with Gasteiger partial charge >= 0.3 is 6.36 Å². The molecule has 0 radical (unpaired) electrons. The van der Waals surface area contributed by atoms with Crippen LogP contribution < -0.4 is 9.47 Å². The van der Waals surface area contributed by atoms with Crippen LogP contribution in [-0.2, 0) is 0 Å². The van der Waals surface area contributed by atoms with E-state index in [1.165, 1.54) is 25.7 Å². The molecule has 38 heavy (non-hydrogen) atoms. The zero-order valence-corrected chi connectivity index (χ0v) is 21.0. The van der Waals surface area contributed by atoms with Gasteiger partial charge in [0.25, 0.3) is 0 Å². The van der Waals surface area contributed by atoms with E-state index in [9.17, 15) is 35.1 Å². The zero-order chi connectivity index (χ0) is 27.6. The number of halogens is 8. The first-order valence-electron chi connectivity index (χ1n) is 13.1. The smallest absolute Gasteiger partial charge is 0.454 e. The number of hydrogen-bond donors (Lipinski definition) is 0. The van der Waals surface area contributed by atoms with Crippen molar-refractivity contribution in [1.82, 2.24) is 0 Å². The highest BCUT2D eigenvalue weighted by Crippen LogP contribution is 2.48. The molecule has 0 saturated heterocycles. The molecule has 0 spiro atoms. The SMILES string of the molecule is CCCC1CCC(C2CCC(c3c(F)c(F)cc(F)c3Oc3cc(F)c(OC(F)(F)F)c(F)c3)CC2)CC1. The van der Waals surface area contributed by atoms with Gasteiger partial charge in [-0.2, -0.15) is 0 Å². The van der Waals surface area contributed by atoms with E-state index in [1.807, 2.05) is 0 Å². The molecule has 0 bridgehead atoms. The van der Waals surface area contributed by atoms with E-state index in [-0.39, 0.29) is 11.6 Å². The molecular weight excluding hydrogens is 520 g/mol. The third-order valence-electron chi connectivity index (χ3n) is 8.01. The number of alkyl halides is 3. The lowest BCUT2D eigenvalue weighted by atomic mass is 9.68. The van der Waals surface area contributed by atoms with E-state index < -0.39 is 58.6 Å². The third-order valence-corrected chi connectivity index (χ3v) is 8.01. The number of benzene rings is 2. The van der Waals surface area contributed by atoms with Crippen molar-refractivity contribution in [2.45, 2.75) is 83.4 Å². The maximum atomic E-state index is 15.0. The Kier molecular flexibility index (Phi) is 8.77. The molecule has 4 rings (SSSR count). The Morgan fingerprint density at radius 1 is 0.711 bits per heavy atom. The lowest BCUT2D eigenvalue weighted by Gasteiger charge is -2.38. The minimum atomic E-state index is -5.35. The van der Waals surface area contributed by atoms with Crippen LogP contribution in [0.15, 0.2) is 18.2 Å². The Labute approximate surface area is 216 Å². The molecule has 0 aromatic heterocycles.